The molecule has 0 unspecified atom stereocenters. The van der Waals surface area contributed by atoms with Crippen LogP contribution in [0.2, 0.25) is 0 Å². The molecule has 45 valence electrons. The van der Waals surface area contributed by atoms with Crippen molar-refractivity contribution in [2.45, 2.75) is 0 Å². The normalized spacial score (nSPS) is 6.50. The lowest BCUT2D eigenvalue weighted by atomic mass is 11.2. The fourth-order valence-electron chi connectivity index (χ4n) is 0.0900. The summed E-state index contributed by atoms with van der Waals surface area (Å²) in [4.78, 5) is 18.7. The average molecular weight is 136 g/mol. The molecule has 7 heteroatoms. The summed E-state index contributed by atoms with van der Waals surface area (Å²) < 4.78 is 0. The Hall–Kier alpha value is -0.900. The molecule has 6 nitrogen and oxygen atoms in total. The van der Waals surface area contributed by atoms with Gasteiger partial charge in [-0.15, -0.1) is 0 Å². The second-order valence-electron chi connectivity index (χ2n) is 0.733. The number of urea groups is 1. The summed E-state index contributed by atoms with van der Waals surface area (Å²) in [5.41, 5.74) is 5.47. The van der Waals surface area contributed by atoms with Crippen LogP contribution >= 0.6 is 9.90 Å². The highest BCUT2D eigenvalue weighted by Crippen LogP contribution is 1.53. The number of hydrazine groups is 1. The van der Waals surface area contributed by atoms with Gasteiger partial charge < -0.3 is 5.73 Å². The van der Waals surface area contributed by atoms with Crippen LogP contribution in [0.4, 0.5) is 4.79 Å². The Labute approximate surface area is 48.2 Å². The first kappa shape index (κ1) is 10.2. The van der Waals surface area contributed by atoms with Gasteiger partial charge in [0, 0.05) is 9.90 Å². The molecule has 0 saturated heterocycles. The Morgan fingerprint density at radius 1 is 1.75 bits per heavy atom. The van der Waals surface area contributed by atoms with Crippen molar-refractivity contribution in [2.24, 2.45) is 5.73 Å². The van der Waals surface area contributed by atoms with Crippen molar-refractivity contribution in [1.29, 1.82) is 0 Å². The molecule has 0 aliphatic carbocycles. The van der Waals surface area contributed by atoms with E-state index in [1.807, 2.05) is 0 Å². The largest absolute Gasteiger partial charge is 0.370 e. The van der Waals surface area contributed by atoms with Gasteiger partial charge in [-0.2, -0.15) is 0 Å². The molecular weight excluding hydrogens is 133 g/mol. The number of nitrogens with one attached hydrogen (secondary N) is 1. The zero-order chi connectivity index (χ0) is 5.86. The Bertz CT molecular complexity index is 90.7. The molecule has 8 heavy (non-hydrogen) atoms. The fraction of sp³-hybridized carbons (Fsp3) is 0. The molecule has 2 amide bonds. The van der Waals surface area contributed by atoms with E-state index in [-0.39, 0.29) is 9.90 Å². The van der Waals surface area contributed by atoms with Crippen LogP contribution in [-0.4, -0.2) is 11.1 Å². The van der Waals surface area contributed by atoms with E-state index in [0.717, 1.165) is 0 Å². The molecule has 0 fully saturated rings. The lowest BCUT2D eigenvalue weighted by Crippen LogP contribution is -2.33. The number of rotatable bonds is 1. The number of nitro groups is 1. The van der Waals surface area contributed by atoms with E-state index in [1.54, 1.807) is 0 Å². The molecule has 0 aliphatic heterocycles. The molecule has 0 aromatic heterocycles. The maximum absolute atomic E-state index is 9.48. The van der Waals surface area contributed by atoms with Crippen molar-refractivity contribution in [1.82, 2.24) is 5.43 Å². The Morgan fingerprint density at radius 3 is 2.12 bits per heavy atom. The van der Waals surface area contributed by atoms with Crippen molar-refractivity contribution < 1.29 is 9.83 Å². The topological polar surface area (TPSA) is 98.3 Å². The molecule has 0 aromatic rings. The van der Waals surface area contributed by atoms with Gasteiger partial charge in [0.1, 0.15) is 0 Å². The second-order valence-corrected chi connectivity index (χ2v) is 0.733. The highest BCUT2D eigenvalue weighted by molar-refractivity contribution is 6.92. The summed E-state index contributed by atoms with van der Waals surface area (Å²) in [6.07, 6.45) is 0. The molecule has 0 saturated carbocycles. The third kappa shape index (κ3) is 8.92. The van der Waals surface area contributed by atoms with Gasteiger partial charge in [0.05, 0.1) is 0 Å². The molecule has 0 rings (SSSR count). The van der Waals surface area contributed by atoms with Crippen LogP contribution < -0.4 is 11.2 Å². The van der Waals surface area contributed by atoms with Gasteiger partial charge >= 0.3 is 6.03 Å². The average Bonchev–Trinajstić information content (AvgIpc) is 1.27. The number of carbonyl (C=O) groups excluding carboxylic acids is 1. The minimum atomic E-state index is -1.16. The van der Waals surface area contributed by atoms with E-state index in [4.69, 9.17) is 0 Å². The maximum atomic E-state index is 9.48. The maximum Gasteiger partial charge on any atom is 0.370 e. The number of amides is 2. The van der Waals surface area contributed by atoms with Crippen LogP contribution in [-0.2, 0) is 0 Å². The van der Waals surface area contributed by atoms with Gasteiger partial charge in [-0.25, -0.2) is 14.9 Å². The van der Waals surface area contributed by atoms with Crippen LogP contribution in [0.25, 0.3) is 0 Å². The molecule has 0 aliphatic rings. The van der Waals surface area contributed by atoms with Gasteiger partial charge in [0.2, 0.25) is 0 Å². The minimum absolute atomic E-state index is 0. The Balaban J connectivity index is 0. The SMILES string of the molecule is NC(=O)N[N+](=O)[O-].[P]. The Kier molecular flexibility index (Phi) is 5.41. The van der Waals surface area contributed by atoms with Crippen LogP contribution in [0.1, 0.15) is 0 Å². The highest BCUT2D eigenvalue weighted by atomic mass is 31.0. The summed E-state index contributed by atoms with van der Waals surface area (Å²) in [7, 11) is 0. The van der Waals surface area contributed by atoms with Gasteiger partial charge in [-0.1, -0.05) is 5.43 Å². The number of hydrogen-bond donors (Lipinski definition) is 2. The minimum Gasteiger partial charge on any atom is -0.347 e. The molecule has 3 N–H and O–H groups in total. The smallest absolute Gasteiger partial charge is 0.347 e. The van der Waals surface area contributed by atoms with Crippen molar-refractivity contribution in [3.63, 3.8) is 0 Å². The molecule has 3 radical (unpaired) electrons. The highest BCUT2D eigenvalue weighted by Gasteiger charge is 1.95. The van der Waals surface area contributed by atoms with E-state index in [9.17, 15) is 14.9 Å². The lowest BCUT2D eigenvalue weighted by molar-refractivity contribution is -0.527. The molecule has 0 heterocycles. The third-order valence-corrected chi connectivity index (χ3v) is 0.201. The van der Waals surface area contributed by atoms with Crippen molar-refractivity contribution >= 4 is 15.9 Å². The second kappa shape index (κ2) is 4.26. The number of primary amides is 1. The van der Waals surface area contributed by atoms with E-state index < -0.39 is 11.1 Å². The number of hydrogen-bond acceptors (Lipinski definition) is 3. The van der Waals surface area contributed by atoms with Crippen LogP contribution in [0, 0.1) is 10.1 Å². The first-order valence-corrected chi connectivity index (χ1v) is 1.33. The first-order valence-electron chi connectivity index (χ1n) is 1.33. The zero-order valence-electron chi connectivity index (χ0n) is 3.70. The van der Waals surface area contributed by atoms with Crippen LogP contribution in [0.5, 0.6) is 0 Å². The van der Waals surface area contributed by atoms with Gasteiger partial charge in [0.25, 0.3) is 0 Å². The van der Waals surface area contributed by atoms with Gasteiger partial charge in [0.15, 0.2) is 5.03 Å². The molecule has 0 atom stereocenters. The first-order chi connectivity index (χ1) is 3.13. The molecular formula is CH3N3O3P. The van der Waals surface area contributed by atoms with Gasteiger partial charge in [-0.05, 0) is 0 Å². The van der Waals surface area contributed by atoms with E-state index in [1.165, 1.54) is 5.43 Å². The predicted molar refractivity (Wildman–Crippen MR) is 26.6 cm³/mol. The lowest BCUT2D eigenvalue weighted by Gasteiger charge is -1.83. The number of carbonyl (C=O) groups is 1. The zero-order valence-corrected chi connectivity index (χ0v) is 4.59. The standard InChI is InChI=1S/CH3N3O3.P/c2-1(5)3-4(6)7;/h(H3,2,3,5);. The van der Waals surface area contributed by atoms with Crippen molar-refractivity contribution in [2.75, 3.05) is 0 Å². The molecule has 0 spiro atoms. The quantitative estimate of drug-likeness (QED) is 0.294. The summed E-state index contributed by atoms with van der Waals surface area (Å²) in [5.74, 6) is 0. The van der Waals surface area contributed by atoms with Crippen LogP contribution in [0.3, 0.4) is 0 Å². The Morgan fingerprint density at radius 2 is 2.12 bits per heavy atom. The third-order valence-electron chi connectivity index (χ3n) is 0.201. The number of nitrogens with two attached hydrogens (primary N) is 1. The summed E-state index contributed by atoms with van der Waals surface area (Å²) in [6.45, 7) is 0. The van der Waals surface area contributed by atoms with E-state index in [0.29, 0.717) is 0 Å². The summed E-state index contributed by atoms with van der Waals surface area (Å²) >= 11 is 0. The predicted octanol–water partition coefficient (Wildman–Crippen LogP) is -0.292. The molecule has 0 aromatic carbocycles. The summed E-state index contributed by atoms with van der Waals surface area (Å²) in [5, 5.41) is 8.18. The number of nitrogens with zero attached hydrogens (tertiary/aromatic N) is 1. The summed E-state index contributed by atoms with van der Waals surface area (Å²) in [6, 6.07) is -1.16. The molecule has 0 bridgehead atoms. The van der Waals surface area contributed by atoms with E-state index >= 15 is 0 Å². The monoisotopic (exact) mass is 136 g/mol. The van der Waals surface area contributed by atoms with Crippen molar-refractivity contribution in [3.8, 4) is 0 Å². The fourth-order valence-corrected chi connectivity index (χ4v) is 0.0900. The van der Waals surface area contributed by atoms with E-state index in [2.05, 4.69) is 5.73 Å². The van der Waals surface area contributed by atoms with Gasteiger partial charge in [-0.3, -0.25) is 0 Å². The van der Waals surface area contributed by atoms with Crippen LogP contribution in [0.15, 0.2) is 0 Å². The van der Waals surface area contributed by atoms with Crippen molar-refractivity contribution in [3.05, 3.63) is 10.1 Å².